The molecule has 84 valence electrons. The Morgan fingerprint density at radius 1 is 1.29 bits per heavy atom. The molecule has 0 saturated carbocycles. The highest BCUT2D eigenvalue weighted by molar-refractivity contribution is 4.97. The van der Waals surface area contributed by atoms with Crippen LogP contribution >= 0.6 is 0 Å². The molecule has 3 heteroatoms. The topological polar surface area (TPSA) is 38.7 Å². The van der Waals surface area contributed by atoms with Crippen LogP contribution in [0.15, 0.2) is 11.6 Å². The lowest BCUT2D eigenvalue weighted by Crippen LogP contribution is -2.17. The summed E-state index contributed by atoms with van der Waals surface area (Å²) in [5.41, 5.74) is 1.18. The van der Waals surface area contributed by atoms with Gasteiger partial charge in [-0.1, -0.05) is 11.6 Å². The highest BCUT2D eigenvalue weighted by atomic mass is 16.7. The Morgan fingerprint density at radius 3 is 2.29 bits per heavy atom. The summed E-state index contributed by atoms with van der Waals surface area (Å²) in [6.07, 6.45) is 3.47. The lowest BCUT2D eigenvalue weighted by Gasteiger charge is -2.16. The van der Waals surface area contributed by atoms with Crippen LogP contribution in [0.3, 0.4) is 0 Å². The second-order valence-electron chi connectivity index (χ2n) is 3.11. The maximum Gasteiger partial charge on any atom is 0.157 e. The third-order valence-electron chi connectivity index (χ3n) is 1.92. The molecule has 0 bridgehead atoms. The Labute approximate surface area is 86.7 Å². The third kappa shape index (κ3) is 7.06. The summed E-state index contributed by atoms with van der Waals surface area (Å²) < 4.78 is 10.8. The fourth-order valence-corrected chi connectivity index (χ4v) is 1.19. The third-order valence-corrected chi connectivity index (χ3v) is 1.92. The van der Waals surface area contributed by atoms with Crippen molar-refractivity contribution in [1.82, 2.24) is 0 Å². The van der Waals surface area contributed by atoms with Crippen molar-refractivity contribution in [2.75, 3.05) is 19.8 Å². The predicted octanol–water partition coefficient (Wildman–Crippen LogP) is 2.10. The minimum atomic E-state index is -0.105. The van der Waals surface area contributed by atoms with E-state index in [1.54, 1.807) is 0 Å². The number of aliphatic hydroxyl groups excluding tert-OH is 1. The summed E-state index contributed by atoms with van der Waals surface area (Å²) >= 11 is 0. The Kier molecular flexibility index (Phi) is 8.94. The van der Waals surface area contributed by atoms with E-state index in [1.165, 1.54) is 5.57 Å². The van der Waals surface area contributed by atoms with Gasteiger partial charge < -0.3 is 14.6 Å². The molecule has 0 atom stereocenters. The highest BCUT2D eigenvalue weighted by Gasteiger charge is 2.07. The highest BCUT2D eigenvalue weighted by Crippen LogP contribution is 2.10. The fourth-order valence-electron chi connectivity index (χ4n) is 1.19. The van der Waals surface area contributed by atoms with Crippen molar-refractivity contribution in [3.8, 4) is 0 Å². The van der Waals surface area contributed by atoms with Crippen molar-refractivity contribution >= 4 is 0 Å². The van der Waals surface area contributed by atoms with Gasteiger partial charge in [-0.2, -0.15) is 0 Å². The standard InChI is InChI=1S/C11H22O3/c1-4-13-11(14-5-2)7-6-10(3)8-9-12/h8,11-12H,4-7,9H2,1-3H3. The molecular weight excluding hydrogens is 180 g/mol. The largest absolute Gasteiger partial charge is 0.392 e. The van der Waals surface area contributed by atoms with E-state index in [1.807, 2.05) is 26.8 Å². The summed E-state index contributed by atoms with van der Waals surface area (Å²) in [4.78, 5) is 0. The average molecular weight is 202 g/mol. The lowest BCUT2D eigenvalue weighted by atomic mass is 10.1. The molecule has 0 aliphatic rings. The first kappa shape index (κ1) is 13.6. The molecule has 1 N–H and O–H groups in total. The van der Waals surface area contributed by atoms with E-state index in [0.29, 0.717) is 13.2 Å². The van der Waals surface area contributed by atoms with Gasteiger partial charge in [-0.05, 0) is 27.2 Å². The molecule has 0 amide bonds. The molecule has 0 aromatic heterocycles. The molecule has 0 aromatic carbocycles. The molecule has 3 nitrogen and oxygen atoms in total. The van der Waals surface area contributed by atoms with Gasteiger partial charge in [0.1, 0.15) is 0 Å². The second kappa shape index (κ2) is 9.19. The summed E-state index contributed by atoms with van der Waals surface area (Å²) in [5.74, 6) is 0. The van der Waals surface area contributed by atoms with Crippen molar-refractivity contribution in [3.63, 3.8) is 0 Å². The number of aliphatic hydroxyl groups is 1. The van der Waals surface area contributed by atoms with Gasteiger partial charge in [-0.25, -0.2) is 0 Å². The maximum atomic E-state index is 8.67. The Bertz CT molecular complexity index is 149. The number of ether oxygens (including phenoxy) is 2. The predicted molar refractivity (Wildman–Crippen MR) is 57.1 cm³/mol. The Hall–Kier alpha value is -0.380. The molecule has 0 unspecified atom stereocenters. The summed E-state index contributed by atoms with van der Waals surface area (Å²) in [6, 6.07) is 0. The van der Waals surface area contributed by atoms with E-state index in [2.05, 4.69) is 0 Å². The number of hydrogen-bond acceptors (Lipinski definition) is 3. The van der Waals surface area contributed by atoms with Crippen LogP contribution in [0.1, 0.15) is 33.6 Å². The van der Waals surface area contributed by atoms with Crippen LogP contribution < -0.4 is 0 Å². The van der Waals surface area contributed by atoms with Gasteiger partial charge in [0.05, 0.1) is 6.61 Å². The van der Waals surface area contributed by atoms with Crippen molar-refractivity contribution < 1.29 is 14.6 Å². The molecule has 0 saturated heterocycles. The molecule has 0 rings (SSSR count). The summed E-state index contributed by atoms with van der Waals surface area (Å²) in [5, 5.41) is 8.67. The van der Waals surface area contributed by atoms with Crippen LogP contribution in [0.5, 0.6) is 0 Å². The van der Waals surface area contributed by atoms with Crippen LogP contribution in [-0.2, 0) is 9.47 Å². The van der Waals surface area contributed by atoms with E-state index >= 15 is 0 Å². The second-order valence-corrected chi connectivity index (χ2v) is 3.11. The van der Waals surface area contributed by atoms with Crippen LogP contribution in [0.4, 0.5) is 0 Å². The SMILES string of the molecule is CCOC(CCC(C)=CCO)OCC. The number of rotatable bonds is 8. The van der Waals surface area contributed by atoms with Crippen molar-refractivity contribution in [1.29, 1.82) is 0 Å². The molecule has 14 heavy (non-hydrogen) atoms. The molecule has 0 heterocycles. The van der Waals surface area contributed by atoms with E-state index < -0.39 is 0 Å². The van der Waals surface area contributed by atoms with Crippen LogP contribution in [0.2, 0.25) is 0 Å². The van der Waals surface area contributed by atoms with Crippen LogP contribution in [-0.4, -0.2) is 31.2 Å². The zero-order chi connectivity index (χ0) is 10.8. The van der Waals surface area contributed by atoms with Crippen LogP contribution in [0.25, 0.3) is 0 Å². The molecule has 0 radical (unpaired) electrons. The van der Waals surface area contributed by atoms with Gasteiger partial charge in [-0.3, -0.25) is 0 Å². The first-order valence-corrected chi connectivity index (χ1v) is 5.24. The molecule has 0 aliphatic heterocycles. The summed E-state index contributed by atoms with van der Waals surface area (Å²) in [6.45, 7) is 7.39. The van der Waals surface area contributed by atoms with E-state index in [9.17, 15) is 0 Å². The van der Waals surface area contributed by atoms with E-state index in [-0.39, 0.29) is 12.9 Å². The first-order chi connectivity index (χ1) is 6.74. The zero-order valence-electron chi connectivity index (χ0n) is 9.45. The maximum absolute atomic E-state index is 8.67. The zero-order valence-corrected chi connectivity index (χ0v) is 9.45. The summed E-state index contributed by atoms with van der Waals surface area (Å²) in [7, 11) is 0. The first-order valence-electron chi connectivity index (χ1n) is 5.24. The van der Waals surface area contributed by atoms with Gasteiger partial charge in [0, 0.05) is 19.6 Å². The normalized spacial score (nSPS) is 12.5. The molecular formula is C11H22O3. The van der Waals surface area contributed by atoms with Crippen molar-refractivity contribution in [2.24, 2.45) is 0 Å². The van der Waals surface area contributed by atoms with E-state index in [4.69, 9.17) is 14.6 Å². The van der Waals surface area contributed by atoms with Crippen molar-refractivity contribution in [3.05, 3.63) is 11.6 Å². The smallest absolute Gasteiger partial charge is 0.157 e. The minimum Gasteiger partial charge on any atom is -0.392 e. The van der Waals surface area contributed by atoms with Gasteiger partial charge in [-0.15, -0.1) is 0 Å². The molecule has 0 fully saturated rings. The monoisotopic (exact) mass is 202 g/mol. The lowest BCUT2D eigenvalue weighted by molar-refractivity contribution is -0.139. The number of allylic oxidation sites excluding steroid dienone is 1. The fraction of sp³-hybridized carbons (Fsp3) is 0.818. The molecule has 0 spiro atoms. The van der Waals surface area contributed by atoms with E-state index in [0.717, 1.165) is 12.8 Å². The minimum absolute atomic E-state index is 0.105. The Balaban J connectivity index is 3.74. The molecule has 0 aromatic rings. The Morgan fingerprint density at radius 2 is 1.86 bits per heavy atom. The van der Waals surface area contributed by atoms with Gasteiger partial charge in [0.25, 0.3) is 0 Å². The molecule has 0 aliphatic carbocycles. The van der Waals surface area contributed by atoms with Gasteiger partial charge in [0.2, 0.25) is 0 Å². The van der Waals surface area contributed by atoms with Crippen molar-refractivity contribution in [2.45, 2.75) is 39.9 Å². The quantitative estimate of drug-likeness (QED) is 0.484. The van der Waals surface area contributed by atoms with Gasteiger partial charge >= 0.3 is 0 Å². The average Bonchev–Trinajstić information content (AvgIpc) is 2.15. The number of hydrogen-bond donors (Lipinski definition) is 1. The van der Waals surface area contributed by atoms with Gasteiger partial charge in [0.15, 0.2) is 6.29 Å². The van der Waals surface area contributed by atoms with Crippen LogP contribution in [0, 0.1) is 0 Å².